The van der Waals surface area contributed by atoms with Crippen LogP contribution in [0.4, 0.5) is 5.69 Å². The molecule has 0 heterocycles. The number of carbonyl (C=O) groups excluding carboxylic acids is 3. The molecule has 10 heteroatoms. The van der Waals surface area contributed by atoms with Crippen LogP contribution in [0.3, 0.4) is 0 Å². The van der Waals surface area contributed by atoms with Gasteiger partial charge in [-0.3, -0.25) is 30.6 Å². The summed E-state index contributed by atoms with van der Waals surface area (Å²) in [7, 11) is 1.55. The van der Waals surface area contributed by atoms with Crippen LogP contribution in [0, 0.1) is 0 Å². The Kier molecular flexibility index (Phi) is 8.57. The van der Waals surface area contributed by atoms with Crippen LogP contribution in [-0.2, 0) is 9.59 Å². The zero-order chi connectivity index (χ0) is 21.9. The number of amides is 3. The monoisotopic (exact) mass is 430 g/mol. The summed E-state index contributed by atoms with van der Waals surface area (Å²) in [5.41, 5.74) is 5.74. The number of methoxy groups -OCH3 is 1. The third kappa shape index (κ3) is 7.40. The van der Waals surface area contributed by atoms with E-state index in [-0.39, 0.29) is 17.6 Å². The van der Waals surface area contributed by atoms with E-state index in [2.05, 4.69) is 21.5 Å². The largest absolute Gasteiger partial charge is 0.497 e. The first kappa shape index (κ1) is 22.6. The number of ether oxygens (including phenoxy) is 2. The fourth-order valence-electron chi connectivity index (χ4n) is 2.15. The Morgan fingerprint density at radius 3 is 2.13 bits per heavy atom. The van der Waals surface area contributed by atoms with Crippen LogP contribution in [0.2, 0.25) is 0 Å². The number of benzene rings is 2. The minimum absolute atomic E-state index is 0.0847. The van der Waals surface area contributed by atoms with Crippen LogP contribution >= 0.6 is 12.2 Å². The van der Waals surface area contributed by atoms with Gasteiger partial charge in [0.25, 0.3) is 11.8 Å². The lowest BCUT2D eigenvalue weighted by atomic mass is 10.2. The number of thiocarbonyl (C=S) groups is 1. The van der Waals surface area contributed by atoms with Crippen molar-refractivity contribution in [1.29, 1.82) is 0 Å². The summed E-state index contributed by atoms with van der Waals surface area (Å²) in [6.45, 7) is 1.49. The fourth-order valence-corrected chi connectivity index (χ4v) is 2.32. The Bertz CT molecular complexity index is 900. The standard InChI is InChI=1S/C20H22N4O5S/c1-3-17(25)21-14-6-4-13(5-7-14)19(27)23-24-20(30)22-18(26)12-29-16-10-8-15(28-2)9-11-16/h4-11H,3,12H2,1-2H3,(H,21,25)(H,23,27)(H2,22,24,26,30). The molecule has 0 aliphatic rings. The van der Waals surface area contributed by atoms with Crippen LogP contribution in [0.5, 0.6) is 11.5 Å². The molecule has 30 heavy (non-hydrogen) atoms. The van der Waals surface area contributed by atoms with Crippen LogP contribution in [-0.4, -0.2) is 36.6 Å². The predicted molar refractivity (Wildman–Crippen MR) is 115 cm³/mol. The molecule has 0 saturated heterocycles. The van der Waals surface area contributed by atoms with Crippen molar-refractivity contribution in [2.24, 2.45) is 0 Å². The van der Waals surface area contributed by atoms with Gasteiger partial charge in [-0.05, 0) is 60.7 Å². The maximum absolute atomic E-state index is 12.1. The van der Waals surface area contributed by atoms with Crippen LogP contribution < -0.4 is 31.0 Å². The Morgan fingerprint density at radius 1 is 0.900 bits per heavy atom. The van der Waals surface area contributed by atoms with Gasteiger partial charge in [0.15, 0.2) is 11.7 Å². The number of rotatable bonds is 7. The molecule has 2 rings (SSSR count). The van der Waals surface area contributed by atoms with Gasteiger partial charge in [0.2, 0.25) is 5.91 Å². The number of nitrogens with one attached hydrogen (secondary N) is 4. The molecule has 4 N–H and O–H groups in total. The van der Waals surface area contributed by atoms with Crippen LogP contribution in [0.15, 0.2) is 48.5 Å². The Morgan fingerprint density at radius 2 is 1.53 bits per heavy atom. The van der Waals surface area contributed by atoms with Gasteiger partial charge in [-0.15, -0.1) is 0 Å². The summed E-state index contributed by atoms with van der Waals surface area (Å²) < 4.78 is 10.4. The quantitative estimate of drug-likeness (QED) is 0.390. The highest BCUT2D eigenvalue weighted by molar-refractivity contribution is 7.80. The topological polar surface area (TPSA) is 118 Å². The number of hydrazine groups is 1. The smallest absolute Gasteiger partial charge is 0.269 e. The first-order chi connectivity index (χ1) is 14.4. The van der Waals surface area contributed by atoms with E-state index < -0.39 is 11.8 Å². The molecular formula is C20H22N4O5S. The zero-order valence-electron chi connectivity index (χ0n) is 16.5. The molecule has 0 aliphatic carbocycles. The van der Waals surface area contributed by atoms with Gasteiger partial charge in [-0.25, -0.2) is 0 Å². The molecule has 0 atom stereocenters. The molecule has 0 radical (unpaired) electrons. The Labute approximate surface area is 179 Å². The van der Waals surface area contributed by atoms with E-state index in [1.165, 1.54) is 0 Å². The molecule has 0 unspecified atom stereocenters. The van der Waals surface area contributed by atoms with E-state index >= 15 is 0 Å². The summed E-state index contributed by atoms with van der Waals surface area (Å²) in [6, 6.07) is 13.1. The SMILES string of the molecule is CCC(=O)Nc1ccc(C(=O)NNC(=S)NC(=O)COc2ccc(OC)cc2)cc1. The number of anilines is 1. The van der Waals surface area contributed by atoms with Gasteiger partial charge < -0.3 is 14.8 Å². The van der Waals surface area contributed by atoms with Crippen molar-refractivity contribution >= 4 is 40.7 Å². The molecule has 158 valence electrons. The average Bonchev–Trinajstić information content (AvgIpc) is 2.76. The van der Waals surface area contributed by atoms with Gasteiger partial charge in [0, 0.05) is 17.7 Å². The molecule has 0 fully saturated rings. The first-order valence-electron chi connectivity index (χ1n) is 8.98. The lowest BCUT2D eigenvalue weighted by molar-refractivity contribution is -0.121. The Hall–Kier alpha value is -3.66. The zero-order valence-corrected chi connectivity index (χ0v) is 17.3. The molecule has 9 nitrogen and oxygen atoms in total. The summed E-state index contributed by atoms with van der Waals surface area (Å²) in [4.78, 5) is 35.4. The van der Waals surface area contributed by atoms with Gasteiger partial charge in [0.1, 0.15) is 11.5 Å². The second-order valence-corrected chi connectivity index (χ2v) is 6.31. The fraction of sp³-hybridized carbons (Fsp3) is 0.200. The molecular weight excluding hydrogens is 408 g/mol. The molecule has 0 bridgehead atoms. The van der Waals surface area contributed by atoms with Crippen molar-refractivity contribution < 1.29 is 23.9 Å². The molecule has 2 aromatic carbocycles. The average molecular weight is 430 g/mol. The maximum Gasteiger partial charge on any atom is 0.269 e. The highest BCUT2D eigenvalue weighted by Crippen LogP contribution is 2.16. The molecule has 0 aromatic heterocycles. The van der Waals surface area contributed by atoms with Crippen molar-refractivity contribution in [2.45, 2.75) is 13.3 Å². The van der Waals surface area contributed by atoms with E-state index in [1.807, 2.05) is 0 Å². The summed E-state index contributed by atoms with van der Waals surface area (Å²) in [6.07, 6.45) is 0.362. The lowest BCUT2D eigenvalue weighted by Gasteiger charge is -2.12. The summed E-state index contributed by atoms with van der Waals surface area (Å²) >= 11 is 4.97. The van der Waals surface area contributed by atoms with Crippen molar-refractivity contribution in [3.63, 3.8) is 0 Å². The third-order valence-corrected chi connectivity index (χ3v) is 3.93. The molecule has 3 amide bonds. The summed E-state index contributed by atoms with van der Waals surface area (Å²) in [5.74, 6) is 0.0962. The van der Waals surface area contributed by atoms with Crippen molar-refractivity contribution in [2.75, 3.05) is 19.0 Å². The first-order valence-corrected chi connectivity index (χ1v) is 9.39. The number of hydrogen-bond donors (Lipinski definition) is 4. The van der Waals surface area contributed by atoms with E-state index in [4.69, 9.17) is 21.7 Å². The van der Waals surface area contributed by atoms with Gasteiger partial charge in [-0.1, -0.05) is 6.92 Å². The van der Waals surface area contributed by atoms with Crippen LogP contribution in [0.25, 0.3) is 0 Å². The number of hydrogen-bond acceptors (Lipinski definition) is 6. The molecule has 0 spiro atoms. The molecule has 0 saturated carbocycles. The van der Waals surface area contributed by atoms with E-state index in [0.717, 1.165) is 0 Å². The lowest BCUT2D eigenvalue weighted by Crippen LogP contribution is -2.49. The van der Waals surface area contributed by atoms with E-state index in [0.29, 0.717) is 29.2 Å². The van der Waals surface area contributed by atoms with Crippen molar-refractivity contribution in [3.8, 4) is 11.5 Å². The van der Waals surface area contributed by atoms with E-state index in [1.54, 1.807) is 62.6 Å². The van der Waals surface area contributed by atoms with Crippen molar-refractivity contribution in [1.82, 2.24) is 16.2 Å². The molecule has 2 aromatic rings. The third-order valence-electron chi connectivity index (χ3n) is 3.72. The van der Waals surface area contributed by atoms with Crippen molar-refractivity contribution in [3.05, 3.63) is 54.1 Å². The van der Waals surface area contributed by atoms with Gasteiger partial charge >= 0.3 is 0 Å². The minimum atomic E-state index is -0.492. The second kappa shape index (κ2) is 11.4. The maximum atomic E-state index is 12.1. The minimum Gasteiger partial charge on any atom is -0.497 e. The normalized spacial score (nSPS) is 9.80. The highest BCUT2D eigenvalue weighted by atomic mass is 32.1. The molecule has 0 aliphatic heterocycles. The summed E-state index contributed by atoms with van der Waals surface area (Å²) in [5, 5.41) is 4.99. The van der Waals surface area contributed by atoms with Gasteiger partial charge in [0.05, 0.1) is 7.11 Å². The van der Waals surface area contributed by atoms with E-state index in [9.17, 15) is 14.4 Å². The Balaban J connectivity index is 1.73. The highest BCUT2D eigenvalue weighted by Gasteiger charge is 2.09. The van der Waals surface area contributed by atoms with Crippen LogP contribution in [0.1, 0.15) is 23.7 Å². The second-order valence-electron chi connectivity index (χ2n) is 5.90. The van der Waals surface area contributed by atoms with Gasteiger partial charge in [-0.2, -0.15) is 0 Å². The number of carbonyl (C=O) groups is 3. The predicted octanol–water partition coefficient (Wildman–Crippen LogP) is 1.76.